The van der Waals surface area contributed by atoms with Crippen LogP contribution in [0.2, 0.25) is 0 Å². The molecular formula is C17H20N4O2. The summed E-state index contributed by atoms with van der Waals surface area (Å²) in [7, 11) is 0. The van der Waals surface area contributed by atoms with Crippen LogP contribution in [0.15, 0.2) is 30.6 Å². The highest BCUT2D eigenvalue weighted by Crippen LogP contribution is 2.35. The Morgan fingerprint density at radius 1 is 1.22 bits per heavy atom. The second kappa shape index (κ2) is 6.02. The van der Waals surface area contributed by atoms with E-state index >= 15 is 0 Å². The predicted octanol–water partition coefficient (Wildman–Crippen LogP) is 2.33. The molecule has 2 fully saturated rings. The van der Waals surface area contributed by atoms with Gasteiger partial charge in [-0.25, -0.2) is 0 Å². The van der Waals surface area contributed by atoms with Crippen LogP contribution in [0.3, 0.4) is 0 Å². The molecule has 0 radical (unpaired) electrons. The summed E-state index contributed by atoms with van der Waals surface area (Å²) in [6, 6.07) is 7.81. The first-order chi connectivity index (χ1) is 11.3. The Labute approximate surface area is 134 Å². The molecular weight excluding hydrogens is 292 g/mol. The molecule has 0 saturated heterocycles. The van der Waals surface area contributed by atoms with Crippen molar-refractivity contribution >= 4 is 5.91 Å². The maximum Gasteiger partial charge on any atom is 0.251 e. The summed E-state index contributed by atoms with van der Waals surface area (Å²) in [6.45, 7) is 1.18. The number of benzene rings is 1. The normalized spacial score (nSPS) is 17.0. The molecule has 2 aliphatic carbocycles. The van der Waals surface area contributed by atoms with Gasteiger partial charge in [0.05, 0.1) is 13.2 Å². The fraction of sp³-hybridized carbons (Fsp3) is 0.471. The van der Waals surface area contributed by atoms with E-state index in [2.05, 4.69) is 20.1 Å². The van der Waals surface area contributed by atoms with Gasteiger partial charge in [-0.1, -0.05) is 0 Å². The average Bonchev–Trinajstić information content (AvgIpc) is 3.51. The summed E-state index contributed by atoms with van der Waals surface area (Å²) in [5.74, 6) is 2.25. The van der Waals surface area contributed by atoms with Gasteiger partial charge >= 0.3 is 0 Å². The van der Waals surface area contributed by atoms with Crippen molar-refractivity contribution in [2.75, 3.05) is 6.61 Å². The van der Waals surface area contributed by atoms with Crippen LogP contribution in [0.25, 0.3) is 0 Å². The van der Waals surface area contributed by atoms with Crippen LogP contribution in [0.4, 0.5) is 0 Å². The zero-order valence-electron chi connectivity index (χ0n) is 12.9. The highest BCUT2D eigenvalue weighted by molar-refractivity contribution is 5.94. The van der Waals surface area contributed by atoms with Crippen LogP contribution < -0.4 is 10.1 Å². The molecule has 6 heteroatoms. The molecule has 0 aliphatic heterocycles. The molecule has 2 aromatic rings. The largest absolute Gasteiger partial charge is 0.493 e. The van der Waals surface area contributed by atoms with Gasteiger partial charge in [0.2, 0.25) is 0 Å². The highest BCUT2D eigenvalue weighted by atomic mass is 16.5. The molecule has 6 nitrogen and oxygen atoms in total. The van der Waals surface area contributed by atoms with E-state index in [1.165, 1.54) is 25.7 Å². The topological polar surface area (TPSA) is 69.0 Å². The van der Waals surface area contributed by atoms with Gasteiger partial charge in [-0.2, -0.15) is 0 Å². The average molecular weight is 312 g/mol. The number of amides is 1. The van der Waals surface area contributed by atoms with Crippen LogP contribution in [-0.2, 0) is 6.54 Å². The van der Waals surface area contributed by atoms with E-state index in [9.17, 15) is 4.79 Å². The van der Waals surface area contributed by atoms with Crippen molar-refractivity contribution in [2.24, 2.45) is 5.92 Å². The second-order valence-electron chi connectivity index (χ2n) is 6.35. The van der Waals surface area contributed by atoms with Gasteiger partial charge in [-0.15, -0.1) is 10.2 Å². The zero-order valence-corrected chi connectivity index (χ0v) is 12.9. The van der Waals surface area contributed by atoms with Crippen molar-refractivity contribution in [3.05, 3.63) is 42.0 Å². The molecule has 0 unspecified atom stereocenters. The molecule has 0 spiro atoms. The molecule has 1 amide bonds. The molecule has 2 aliphatic rings. The molecule has 1 N–H and O–H groups in total. The van der Waals surface area contributed by atoms with Crippen LogP contribution in [0.5, 0.6) is 5.75 Å². The molecule has 1 aromatic heterocycles. The number of carbonyl (C=O) groups is 1. The van der Waals surface area contributed by atoms with Gasteiger partial charge in [-0.05, 0) is 55.9 Å². The fourth-order valence-electron chi connectivity index (χ4n) is 2.51. The van der Waals surface area contributed by atoms with E-state index in [0.717, 1.165) is 24.1 Å². The summed E-state index contributed by atoms with van der Waals surface area (Å²) in [6.07, 6.45) is 6.62. The first kappa shape index (κ1) is 14.2. The number of ether oxygens (including phenoxy) is 1. The highest BCUT2D eigenvalue weighted by Gasteiger charge is 2.26. The number of rotatable bonds is 7. The Kier molecular flexibility index (Phi) is 3.73. The van der Waals surface area contributed by atoms with E-state index in [1.807, 2.05) is 12.1 Å². The van der Waals surface area contributed by atoms with E-state index in [1.54, 1.807) is 18.5 Å². The van der Waals surface area contributed by atoms with Gasteiger partial charge in [-0.3, -0.25) is 4.79 Å². The van der Waals surface area contributed by atoms with Gasteiger partial charge in [0.25, 0.3) is 5.91 Å². The molecule has 120 valence electrons. The van der Waals surface area contributed by atoms with Gasteiger partial charge in [0.1, 0.15) is 12.1 Å². The van der Waals surface area contributed by atoms with Crippen molar-refractivity contribution < 1.29 is 9.53 Å². The molecule has 1 heterocycles. The Hall–Kier alpha value is -2.37. The minimum absolute atomic E-state index is 0.107. The SMILES string of the molecule is O=C(NCc1nncn1C1CC1)c1ccc(OCC2CC2)cc1. The Balaban J connectivity index is 1.31. The first-order valence-electron chi connectivity index (χ1n) is 8.19. The third kappa shape index (κ3) is 3.52. The lowest BCUT2D eigenvalue weighted by Crippen LogP contribution is -2.24. The minimum atomic E-state index is -0.107. The molecule has 1 aromatic carbocycles. The number of aromatic nitrogens is 3. The van der Waals surface area contributed by atoms with Crippen LogP contribution in [-0.4, -0.2) is 27.3 Å². The maximum atomic E-state index is 12.2. The lowest BCUT2D eigenvalue weighted by molar-refractivity contribution is 0.0949. The quantitative estimate of drug-likeness (QED) is 0.852. The third-order valence-electron chi connectivity index (χ3n) is 4.29. The molecule has 23 heavy (non-hydrogen) atoms. The summed E-state index contributed by atoms with van der Waals surface area (Å²) in [4.78, 5) is 12.2. The summed E-state index contributed by atoms with van der Waals surface area (Å²) >= 11 is 0. The van der Waals surface area contributed by atoms with E-state index in [-0.39, 0.29) is 5.91 Å². The van der Waals surface area contributed by atoms with Crippen molar-refractivity contribution in [1.82, 2.24) is 20.1 Å². The number of hydrogen-bond donors (Lipinski definition) is 1. The van der Waals surface area contributed by atoms with Crippen LogP contribution in [0.1, 0.15) is 47.9 Å². The van der Waals surface area contributed by atoms with Gasteiger partial charge in [0, 0.05) is 11.6 Å². The molecule has 0 atom stereocenters. The first-order valence-corrected chi connectivity index (χ1v) is 8.19. The smallest absolute Gasteiger partial charge is 0.251 e. The lowest BCUT2D eigenvalue weighted by atomic mass is 10.2. The van der Waals surface area contributed by atoms with Crippen molar-refractivity contribution in [3.8, 4) is 5.75 Å². The fourth-order valence-corrected chi connectivity index (χ4v) is 2.51. The van der Waals surface area contributed by atoms with Crippen LogP contribution in [0, 0.1) is 5.92 Å². The standard InChI is InChI=1S/C17H20N4O2/c22-17(18-9-16-20-19-11-21(16)14-5-6-14)13-3-7-15(8-4-13)23-10-12-1-2-12/h3-4,7-8,11-12,14H,1-2,5-6,9-10H2,(H,18,22). The lowest BCUT2D eigenvalue weighted by Gasteiger charge is -2.08. The van der Waals surface area contributed by atoms with Crippen molar-refractivity contribution in [2.45, 2.75) is 38.3 Å². The summed E-state index contributed by atoms with van der Waals surface area (Å²) < 4.78 is 7.73. The number of carbonyl (C=O) groups excluding carboxylic acids is 1. The second-order valence-corrected chi connectivity index (χ2v) is 6.35. The van der Waals surface area contributed by atoms with E-state index < -0.39 is 0 Å². The molecule has 0 bridgehead atoms. The molecule has 4 rings (SSSR count). The van der Waals surface area contributed by atoms with E-state index in [0.29, 0.717) is 18.2 Å². The summed E-state index contributed by atoms with van der Waals surface area (Å²) in [5.41, 5.74) is 0.626. The third-order valence-corrected chi connectivity index (χ3v) is 4.29. The van der Waals surface area contributed by atoms with E-state index in [4.69, 9.17) is 4.74 Å². The number of hydrogen-bond acceptors (Lipinski definition) is 4. The van der Waals surface area contributed by atoms with Gasteiger partial charge < -0.3 is 14.6 Å². The van der Waals surface area contributed by atoms with Crippen LogP contribution >= 0.6 is 0 Å². The Morgan fingerprint density at radius 2 is 2.00 bits per heavy atom. The molecule has 2 saturated carbocycles. The maximum absolute atomic E-state index is 12.2. The van der Waals surface area contributed by atoms with Crippen molar-refractivity contribution in [1.29, 1.82) is 0 Å². The zero-order chi connectivity index (χ0) is 15.6. The van der Waals surface area contributed by atoms with Gasteiger partial charge in [0.15, 0.2) is 5.82 Å². The minimum Gasteiger partial charge on any atom is -0.493 e. The Morgan fingerprint density at radius 3 is 2.70 bits per heavy atom. The number of nitrogens with one attached hydrogen (secondary N) is 1. The number of nitrogens with zero attached hydrogens (tertiary/aromatic N) is 3. The monoisotopic (exact) mass is 312 g/mol. The Bertz CT molecular complexity index is 687. The van der Waals surface area contributed by atoms with Crippen molar-refractivity contribution in [3.63, 3.8) is 0 Å². The predicted molar refractivity (Wildman–Crippen MR) is 84.1 cm³/mol. The summed E-state index contributed by atoms with van der Waals surface area (Å²) in [5, 5.41) is 10.9.